The van der Waals surface area contributed by atoms with Crippen molar-refractivity contribution >= 4 is 22.4 Å². The number of benzene rings is 2. The van der Waals surface area contributed by atoms with Crippen LogP contribution in [-0.2, 0) is 0 Å². The van der Waals surface area contributed by atoms with Crippen molar-refractivity contribution in [2.45, 2.75) is 44.9 Å². The van der Waals surface area contributed by atoms with Gasteiger partial charge < -0.3 is 10.4 Å². The van der Waals surface area contributed by atoms with Crippen LogP contribution in [0.4, 0.5) is 14.5 Å². The molecule has 5 rings (SSSR count). The molecule has 3 aromatic rings. The Labute approximate surface area is 185 Å². The Hall–Kier alpha value is -3.02. The van der Waals surface area contributed by atoms with Gasteiger partial charge in [0, 0.05) is 24.0 Å². The van der Waals surface area contributed by atoms with E-state index in [-0.39, 0.29) is 11.7 Å². The van der Waals surface area contributed by atoms with Gasteiger partial charge in [0.2, 0.25) is 0 Å². The van der Waals surface area contributed by atoms with E-state index in [1.54, 1.807) is 18.3 Å². The second-order valence-corrected chi connectivity index (χ2v) is 9.09. The normalized spacial score (nSPS) is 16.9. The predicted molar refractivity (Wildman–Crippen MR) is 121 cm³/mol. The lowest BCUT2D eigenvalue weighted by molar-refractivity contribution is 0.0968. The van der Waals surface area contributed by atoms with Gasteiger partial charge in [-0.2, -0.15) is 0 Å². The Morgan fingerprint density at radius 2 is 1.72 bits per heavy atom. The highest BCUT2D eigenvalue weighted by Gasteiger charge is 2.32. The summed E-state index contributed by atoms with van der Waals surface area (Å²) in [5.41, 5.74) is 2.98. The van der Waals surface area contributed by atoms with Crippen LogP contribution in [0.15, 0.2) is 36.5 Å². The number of phenolic OH excluding ortho intramolecular Hbond substituents is 1. The zero-order valence-corrected chi connectivity index (χ0v) is 17.8. The van der Waals surface area contributed by atoms with Gasteiger partial charge in [-0.15, -0.1) is 0 Å². The maximum absolute atomic E-state index is 14.0. The molecule has 6 heteroatoms. The highest BCUT2D eigenvalue weighted by atomic mass is 19.1. The van der Waals surface area contributed by atoms with E-state index < -0.39 is 17.4 Å². The molecule has 2 fully saturated rings. The molecular formula is C26H26F2N2O2. The molecule has 2 saturated carbocycles. The molecule has 0 unspecified atom stereocenters. The minimum atomic E-state index is -1.01. The van der Waals surface area contributed by atoms with Gasteiger partial charge in [-0.25, -0.2) is 8.78 Å². The number of carbonyl (C=O) groups is 1. The Bertz CT molecular complexity index is 1160. The number of phenols is 1. The van der Waals surface area contributed by atoms with Gasteiger partial charge in [-0.05, 0) is 67.0 Å². The number of aromatic hydroxyl groups is 1. The monoisotopic (exact) mass is 436 g/mol. The summed E-state index contributed by atoms with van der Waals surface area (Å²) in [5.74, 6) is -2.26. The van der Waals surface area contributed by atoms with Crippen molar-refractivity contribution in [1.29, 1.82) is 0 Å². The summed E-state index contributed by atoms with van der Waals surface area (Å²) in [6.45, 7) is 0.788. The number of hydrogen-bond acceptors (Lipinski definition) is 4. The number of rotatable bonds is 6. The zero-order valence-electron chi connectivity index (χ0n) is 17.8. The fourth-order valence-corrected chi connectivity index (χ4v) is 4.68. The highest BCUT2D eigenvalue weighted by molar-refractivity contribution is 6.10. The molecule has 0 atom stereocenters. The van der Waals surface area contributed by atoms with Crippen LogP contribution in [0, 0.1) is 23.5 Å². The number of nitrogens with one attached hydrogen (secondary N) is 1. The molecule has 2 N–H and O–H groups in total. The van der Waals surface area contributed by atoms with Crippen molar-refractivity contribution in [3.63, 3.8) is 0 Å². The number of Topliss-reactive ketones (excluding diaryl/α,β-unsaturated/α-hetero) is 1. The van der Waals surface area contributed by atoms with Gasteiger partial charge in [0.15, 0.2) is 23.2 Å². The molecule has 1 heterocycles. The van der Waals surface area contributed by atoms with Crippen LogP contribution in [0.3, 0.4) is 0 Å². The van der Waals surface area contributed by atoms with Crippen molar-refractivity contribution in [2.75, 3.05) is 11.9 Å². The number of nitrogens with zero attached hydrogens (tertiary/aromatic N) is 1. The fourth-order valence-electron chi connectivity index (χ4n) is 4.68. The van der Waals surface area contributed by atoms with Crippen LogP contribution < -0.4 is 5.32 Å². The zero-order chi connectivity index (χ0) is 22.2. The Balaban J connectivity index is 1.58. The SMILES string of the molecule is O=C(c1cnc2ccc(-c3cc(F)c(O)c(F)c3)cc2c1NCC1CCCCC1)C1CC1. The van der Waals surface area contributed by atoms with Crippen LogP contribution in [0.5, 0.6) is 5.75 Å². The van der Waals surface area contributed by atoms with E-state index in [9.17, 15) is 18.7 Å². The smallest absolute Gasteiger partial charge is 0.187 e. The molecule has 0 saturated heterocycles. The second kappa shape index (κ2) is 8.49. The summed E-state index contributed by atoms with van der Waals surface area (Å²) < 4.78 is 27.9. The van der Waals surface area contributed by atoms with Gasteiger partial charge in [-0.3, -0.25) is 9.78 Å². The van der Waals surface area contributed by atoms with Gasteiger partial charge in [0.05, 0.1) is 16.8 Å². The molecule has 1 aromatic heterocycles. The molecule has 0 radical (unpaired) electrons. The standard InChI is InChI=1S/C26H26F2N2O2/c27-21-11-18(12-22(28)26(21)32)17-8-9-23-19(10-17)24(30-13-15-4-2-1-3-5-15)20(14-29-23)25(31)16-6-7-16/h8-12,14-16,32H,1-7,13H2,(H,29,30). The fraction of sp³-hybridized carbons (Fsp3) is 0.385. The molecule has 4 nitrogen and oxygen atoms in total. The number of aromatic nitrogens is 1. The van der Waals surface area contributed by atoms with E-state index in [1.807, 2.05) is 6.07 Å². The summed E-state index contributed by atoms with van der Waals surface area (Å²) in [7, 11) is 0. The first kappa shape index (κ1) is 20.9. The summed E-state index contributed by atoms with van der Waals surface area (Å²) in [6.07, 6.45) is 9.59. The quantitative estimate of drug-likeness (QED) is 0.435. The molecule has 0 aliphatic heterocycles. The number of halogens is 2. The minimum absolute atomic E-state index is 0.0629. The van der Waals surface area contributed by atoms with Crippen molar-refractivity contribution < 1.29 is 18.7 Å². The van der Waals surface area contributed by atoms with Crippen molar-refractivity contribution in [1.82, 2.24) is 4.98 Å². The van der Waals surface area contributed by atoms with Crippen molar-refractivity contribution in [3.8, 4) is 16.9 Å². The van der Waals surface area contributed by atoms with Crippen LogP contribution in [-0.4, -0.2) is 22.4 Å². The number of ketones is 1. The largest absolute Gasteiger partial charge is 0.503 e. The van der Waals surface area contributed by atoms with E-state index in [2.05, 4.69) is 10.3 Å². The van der Waals surface area contributed by atoms with Crippen LogP contribution >= 0.6 is 0 Å². The number of pyridine rings is 1. The summed E-state index contributed by atoms with van der Waals surface area (Å²) in [6, 6.07) is 7.58. The van der Waals surface area contributed by atoms with Crippen LogP contribution in [0.25, 0.3) is 22.0 Å². The van der Waals surface area contributed by atoms with E-state index in [4.69, 9.17) is 0 Å². The minimum Gasteiger partial charge on any atom is -0.503 e. The molecular weight excluding hydrogens is 410 g/mol. The van der Waals surface area contributed by atoms with Crippen molar-refractivity contribution in [2.24, 2.45) is 11.8 Å². The molecule has 2 aromatic carbocycles. The van der Waals surface area contributed by atoms with Gasteiger partial charge in [0.25, 0.3) is 0 Å². The average Bonchev–Trinajstić information content (AvgIpc) is 3.66. The molecule has 0 amide bonds. The molecule has 2 aliphatic carbocycles. The average molecular weight is 437 g/mol. The third-order valence-corrected chi connectivity index (χ3v) is 6.72. The first-order valence-corrected chi connectivity index (χ1v) is 11.4. The number of hydrogen-bond donors (Lipinski definition) is 2. The Kier molecular flexibility index (Phi) is 5.53. The number of anilines is 1. The summed E-state index contributed by atoms with van der Waals surface area (Å²) in [4.78, 5) is 17.5. The maximum atomic E-state index is 14.0. The lowest BCUT2D eigenvalue weighted by Crippen LogP contribution is -2.19. The van der Waals surface area contributed by atoms with Crippen LogP contribution in [0.1, 0.15) is 55.3 Å². The third kappa shape index (κ3) is 4.06. The summed E-state index contributed by atoms with van der Waals surface area (Å²) >= 11 is 0. The van der Waals surface area contributed by atoms with Crippen LogP contribution in [0.2, 0.25) is 0 Å². The predicted octanol–water partition coefficient (Wildman–Crippen LogP) is 6.47. The lowest BCUT2D eigenvalue weighted by Gasteiger charge is -2.23. The van der Waals surface area contributed by atoms with E-state index in [0.29, 0.717) is 28.1 Å². The Morgan fingerprint density at radius 3 is 2.41 bits per heavy atom. The molecule has 0 spiro atoms. The second-order valence-electron chi connectivity index (χ2n) is 9.09. The lowest BCUT2D eigenvalue weighted by atomic mass is 9.89. The number of carbonyl (C=O) groups excluding carboxylic acids is 1. The van der Waals surface area contributed by atoms with E-state index in [1.165, 1.54) is 32.1 Å². The van der Waals surface area contributed by atoms with Gasteiger partial charge in [-0.1, -0.05) is 25.3 Å². The molecule has 2 aliphatic rings. The third-order valence-electron chi connectivity index (χ3n) is 6.72. The van der Waals surface area contributed by atoms with Crippen molar-refractivity contribution in [3.05, 3.63) is 53.7 Å². The van der Waals surface area contributed by atoms with Gasteiger partial charge >= 0.3 is 0 Å². The Morgan fingerprint density at radius 1 is 1.00 bits per heavy atom. The topological polar surface area (TPSA) is 62.2 Å². The molecule has 0 bridgehead atoms. The first-order chi connectivity index (χ1) is 15.5. The molecule has 166 valence electrons. The maximum Gasteiger partial charge on any atom is 0.187 e. The van der Waals surface area contributed by atoms with E-state index in [0.717, 1.165) is 42.6 Å². The summed E-state index contributed by atoms with van der Waals surface area (Å²) in [5, 5.41) is 13.7. The highest BCUT2D eigenvalue weighted by Crippen LogP contribution is 2.38. The van der Waals surface area contributed by atoms with Gasteiger partial charge in [0.1, 0.15) is 0 Å². The first-order valence-electron chi connectivity index (χ1n) is 11.4. The number of fused-ring (bicyclic) bond motifs is 1. The van der Waals surface area contributed by atoms with E-state index >= 15 is 0 Å². The molecule has 32 heavy (non-hydrogen) atoms.